The highest BCUT2D eigenvalue weighted by Crippen LogP contribution is 2.33. The Balaban J connectivity index is 2.63. The maximum atomic E-state index is 12.5. The predicted octanol–water partition coefficient (Wildman–Crippen LogP) is 3.21. The molecule has 0 unspecified atom stereocenters. The molecule has 2 aromatic rings. The van der Waals surface area contributed by atoms with Gasteiger partial charge in [0.25, 0.3) is 10.1 Å². The van der Waals surface area contributed by atoms with Crippen molar-refractivity contribution in [2.24, 2.45) is 10.3 Å². The van der Waals surface area contributed by atoms with Gasteiger partial charge in [-0.3, -0.25) is 9.35 Å². The molecule has 0 fully saturated rings. The average molecular weight is 362 g/mol. The molecule has 0 saturated carbocycles. The third kappa shape index (κ3) is 4.18. The minimum absolute atomic E-state index is 0.191. The lowest BCUT2D eigenvalue weighted by Gasteiger charge is -2.11. The summed E-state index contributed by atoms with van der Waals surface area (Å²) in [6, 6.07) is 9.44. The fourth-order valence-electron chi connectivity index (χ4n) is 1.99. The van der Waals surface area contributed by atoms with Crippen LogP contribution in [0.1, 0.15) is 15.9 Å². The molecule has 2 aromatic carbocycles. The Kier molecular flexibility index (Phi) is 5.45. The van der Waals surface area contributed by atoms with Gasteiger partial charge in [-0.2, -0.15) is 8.42 Å². The molecular weight excluding hydrogens is 352 g/mol. The van der Waals surface area contributed by atoms with Crippen LogP contribution in [0.25, 0.3) is 10.4 Å². The topological polar surface area (TPSA) is 159 Å². The van der Waals surface area contributed by atoms with E-state index in [1.165, 1.54) is 12.1 Å². The Bertz CT molecular complexity index is 968. The zero-order valence-corrected chi connectivity index (χ0v) is 13.3. The van der Waals surface area contributed by atoms with Gasteiger partial charge in [-0.25, -0.2) is 0 Å². The molecule has 0 radical (unpaired) electrons. The normalized spacial score (nSPS) is 10.6. The summed E-state index contributed by atoms with van der Waals surface area (Å²) in [7, 11) is -4.79. The molecule has 10 nitrogen and oxygen atoms in total. The summed E-state index contributed by atoms with van der Waals surface area (Å²) in [5, 5.41) is 5.76. The van der Waals surface area contributed by atoms with Crippen molar-refractivity contribution in [3.63, 3.8) is 0 Å². The summed E-state index contributed by atoms with van der Waals surface area (Å²) in [6.07, 6.45) is 0. The van der Waals surface area contributed by atoms with Gasteiger partial charge in [0.1, 0.15) is 16.3 Å². The van der Waals surface area contributed by atoms with Crippen LogP contribution in [0, 0.1) is 4.91 Å². The fraction of sp³-hybridized carbons (Fsp3) is 0.0714. The maximum absolute atomic E-state index is 12.5. The van der Waals surface area contributed by atoms with Crippen LogP contribution in [0.15, 0.2) is 57.7 Å². The van der Waals surface area contributed by atoms with E-state index in [0.29, 0.717) is 0 Å². The molecule has 0 heterocycles. The Labute approximate surface area is 141 Å². The van der Waals surface area contributed by atoms with Crippen molar-refractivity contribution in [2.45, 2.75) is 4.90 Å². The zero-order valence-electron chi connectivity index (χ0n) is 12.4. The van der Waals surface area contributed by atoms with Crippen LogP contribution < -0.4 is 4.74 Å². The van der Waals surface area contributed by atoms with E-state index in [1.807, 2.05) is 0 Å². The highest BCUT2D eigenvalue weighted by Gasteiger charge is 2.24. The van der Waals surface area contributed by atoms with E-state index in [4.69, 9.17) is 10.3 Å². The summed E-state index contributed by atoms with van der Waals surface area (Å²) >= 11 is 0. The maximum Gasteiger partial charge on any atom is 0.298 e. The number of carbonyl (C=O) groups is 1. The minimum atomic E-state index is -4.79. The molecule has 0 amide bonds. The average Bonchev–Trinajstić information content (AvgIpc) is 2.60. The molecule has 1 N–H and O–H groups in total. The standard InChI is InChI=1S/C14H10N4O6S/c15-18-16-8-24-12-7-11(17-20)10(6-13(12)25(21,22)23)14(19)9-4-2-1-3-5-9/h1-7H,8H2,(H,21,22,23). The van der Waals surface area contributed by atoms with Gasteiger partial charge in [0, 0.05) is 16.5 Å². The van der Waals surface area contributed by atoms with Crippen molar-refractivity contribution in [2.75, 3.05) is 6.73 Å². The van der Waals surface area contributed by atoms with E-state index < -0.39 is 39.0 Å². The van der Waals surface area contributed by atoms with Crippen LogP contribution in [-0.2, 0) is 10.1 Å². The van der Waals surface area contributed by atoms with Crippen LogP contribution in [0.4, 0.5) is 5.69 Å². The van der Waals surface area contributed by atoms with Gasteiger partial charge < -0.3 is 4.74 Å². The number of hydrogen-bond acceptors (Lipinski definition) is 7. The number of ketones is 1. The minimum Gasteiger partial charge on any atom is -0.486 e. The molecular formula is C14H10N4O6S. The van der Waals surface area contributed by atoms with Crippen LogP contribution in [0.5, 0.6) is 5.75 Å². The van der Waals surface area contributed by atoms with Gasteiger partial charge in [-0.15, -0.1) is 4.91 Å². The Morgan fingerprint density at radius 2 is 1.92 bits per heavy atom. The first-order valence-corrected chi connectivity index (χ1v) is 8.04. The first-order chi connectivity index (χ1) is 11.9. The van der Waals surface area contributed by atoms with Crippen molar-refractivity contribution in [3.05, 3.63) is 68.9 Å². The number of hydrogen-bond donors (Lipinski definition) is 1. The van der Waals surface area contributed by atoms with Gasteiger partial charge in [-0.05, 0) is 16.8 Å². The van der Waals surface area contributed by atoms with Crippen molar-refractivity contribution in [1.82, 2.24) is 0 Å². The third-order valence-corrected chi connectivity index (χ3v) is 3.93. The zero-order chi connectivity index (χ0) is 18.4. The molecule has 0 spiro atoms. The van der Waals surface area contributed by atoms with Crippen molar-refractivity contribution in [1.29, 1.82) is 0 Å². The number of ether oxygens (including phenoxy) is 1. The molecule has 25 heavy (non-hydrogen) atoms. The van der Waals surface area contributed by atoms with Gasteiger partial charge in [0.15, 0.2) is 12.5 Å². The highest BCUT2D eigenvalue weighted by atomic mass is 32.2. The molecule has 0 aliphatic heterocycles. The predicted molar refractivity (Wildman–Crippen MR) is 86.2 cm³/mol. The van der Waals surface area contributed by atoms with E-state index in [1.54, 1.807) is 18.2 Å². The quantitative estimate of drug-likeness (QED) is 0.199. The molecule has 0 aliphatic rings. The molecule has 0 saturated heterocycles. The van der Waals surface area contributed by atoms with Crippen molar-refractivity contribution in [3.8, 4) is 5.75 Å². The van der Waals surface area contributed by atoms with Gasteiger partial charge in [0.2, 0.25) is 0 Å². The number of nitrogens with zero attached hydrogens (tertiary/aromatic N) is 4. The molecule has 0 aromatic heterocycles. The SMILES string of the molecule is [N-]=[N+]=NCOc1cc(N=O)c(C(=O)c2ccccc2)cc1S(=O)(=O)O. The van der Waals surface area contributed by atoms with Crippen molar-refractivity contribution >= 4 is 21.6 Å². The fourth-order valence-corrected chi connectivity index (χ4v) is 2.63. The Morgan fingerprint density at radius 3 is 2.48 bits per heavy atom. The third-order valence-electron chi connectivity index (χ3n) is 3.06. The molecule has 2 rings (SSSR count). The molecule has 11 heteroatoms. The van der Waals surface area contributed by atoms with Gasteiger partial charge >= 0.3 is 0 Å². The van der Waals surface area contributed by atoms with Crippen LogP contribution in [0.3, 0.4) is 0 Å². The lowest BCUT2D eigenvalue weighted by molar-refractivity contribution is 0.103. The summed E-state index contributed by atoms with van der Waals surface area (Å²) < 4.78 is 37.4. The number of nitroso groups, excluding NO2 is 1. The number of azide groups is 1. The van der Waals surface area contributed by atoms with Crippen LogP contribution >= 0.6 is 0 Å². The molecule has 0 bridgehead atoms. The highest BCUT2D eigenvalue weighted by molar-refractivity contribution is 7.86. The van der Waals surface area contributed by atoms with E-state index in [-0.39, 0.29) is 11.1 Å². The lowest BCUT2D eigenvalue weighted by Crippen LogP contribution is -2.08. The second-order valence-corrected chi connectivity index (χ2v) is 5.97. The summed E-state index contributed by atoms with van der Waals surface area (Å²) in [6.45, 7) is -0.594. The van der Waals surface area contributed by atoms with Crippen LogP contribution in [-0.4, -0.2) is 25.5 Å². The molecule has 128 valence electrons. The van der Waals surface area contributed by atoms with Gasteiger partial charge in [-0.1, -0.05) is 35.4 Å². The van der Waals surface area contributed by atoms with Crippen LogP contribution in [0.2, 0.25) is 0 Å². The van der Waals surface area contributed by atoms with Crippen molar-refractivity contribution < 1.29 is 22.5 Å². The van der Waals surface area contributed by atoms with E-state index in [9.17, 15) is 22.7 Å². The summed E-state index contributed by atoms with van der Waals surface area (Å²) in [4.78, 5) is 25.2. The second kappa shape index (κ2) is 7.53. The van der Waals surface area contributed by atoms with Gasteiger partial charge in [0.05, 0.1) is 5.56 Å². The van der Waals surface area contributed by atoms with E-state index in [0.717, 1.165) is 12.1 Å². The van der Waals surface area contributed by atoms with E-state index >= 15 is 0 Å². The Morgan fingerprint density at radius 1 is 1.24 bits per heavy atom. The number of rotatable bonds is 7. The lowest BCUT2D eigenvalue weighted by atomic mass is 10.0. The Hall–Kier alpha value is -3.27. The smallest absolute Gasteiger partial charge is 0.298 e. The summed E-state index contributed by atoms with van der Waals surface area (Å²) in [5.41, 5.74) is 7.69. The first kappa shape index (κ1) is 18.1. The first-order valence-electron chi connectivity index (χ1n) is 6.60. The number of benzene rings is 2. The monoisotopic (exact) mass is 362 g/mol. The molecule has 0 aliphatic carbocycles. The second-order valence-electron chi connectivity index (χ2n) is 4.58. The molecule has 0 atom stereocenters. The number of carbonyl (C=O) groups excluding carboxylic acids is 1. The van der Waals surface area contributed by atoms with E-state index in [2.05, 4.69) is 15.2 Å². The largest absolute Gasteiger partial charge is 0.486 e. The summed E-state index contributed by atoms with van der Waals surface area (Å²) in [5.74, 6) is -1.14.